The second-order valence-corrected chi connectivity index (χ2v) is 6.63. The number of anilines is 1. The summed E-state index contributed by atoms with van der Waals surface area (Å²) in [5, 5.41) is 3.59. The first kappa shape index (κ1) is 13.8. The van der Waals surface area contributed by atoms with Crippen LogP contribution in [0, 0.1) is 5.41 Å². The molecule has 0 spiro atoms. The van der Waals surface area contributed by atoms with Gasteiger partial charge in [0.15, 0.2) is 0 Å². The summed E-state index contributed by atoms with van der Waals surface area (Å²) in [6.07, 6.45) is 5.84. The van der Waals surface area contributed by atoms with E-state index in [-0.39, 0.29) is 0 Å². The molecule has 0 aliphatic heterocycles. The minimum atomic E-state index is 0.363. The van der Waals surface area contributed by atoms with Gasteiger partial charge in [0, 0.05) is 18.5 Å². The van der Waals surface area contributed by atoms with E-state index in [9.17, 15) is 0 Å². The van der Waals surface area contributed by atoms with E-state index in [2.05, 4.69) is 52.0 Å². The van der Waals surface area contributed by atoms with Crippen molar-refractivity contribution in [1.29, 1.82) is 0 Å². The molecule has 1 aliphatic rings. The lowest BCUT2D eigenvalue weighted by atomic mass is 9.87. The number of aromatic nitrogens is 2. The first-order valence-electron chi connectivity index (χ1n) is 6.81. The molecule has 1 saturated carbocycles. The van der Waals surface area contributed by atoms with E-state index in [1.54, 1.807) is 0 Å². The average molecular weight is 312 g/mol. The number of hydrogen-bond donors (Lipinski definition) is 1. The Kier molecular flexibility index (Phi) is 4.25. The molecule has 2 rings (SSSR count). The summed E-state index contributed by atoms with van der Waals surface area (Å²) in [5.74, 6) is 1.88. The molecular formula is C14H22BrN3. The number of aryl methyl sites for hydroxylation is 1. The highest BCUT2D eigenvalue weighted by Crippen LogP contribution is 2.38. The Hall–Kier alpha value is -0.640. The largest absolute Gasteiger partial charge is 0.367 e. The van der Waals surface area contributed by atoms with Crippen LogP contribution in [-0.4, -0.2) is 16.0 Å². The van der Waals surface area contributed by atoms with Crippen molar-refractivity contribution < 1.29 is 0 Å². The smallest absolute Gasteiger partial charge is 0.132 e. The summed E-state index contributed by atoms with van der Waals surface area (Å²) in [6, 6.07) is 2.50. The van der Waals surface area contributed by atoms with Gasteiger partial charge in [0.2, 0.25) is 0 Å². The van der Waals surface area contributed by atoms with Crippen LogP contribution >= 0.6 is 15.9 Å². The molecule has 1 N–H and O–H groups in total. The van der Waals surface area contributed by atoms with Crippen LogP contribution < -0.4 is 5.32 Å². The van der Waals surface area contributed by atoms with Crippen molar-refractivity contribution in [2.45, 2.75) is 58.9 Å². The van der Waals surface area contributed by atoms with Crippen molar-refractivity contribution in [3.8, 4) is 0 Å². The summed E-state index contributed by atoms with van der Waals surface area (Å²) in [6.45, 7) is 6.82. The maximum absolute atomic E-state index is 4.60. The van der Waals surface area contributed by atoms with Crippen molar-refractivity contribution in [2.24, 2.45) is 5.41 Å². The maximum atomic E-state index is 4.60. The third-order valence-corrected chi connectivity index (χ3v) is 4.20. The van der Waals surface area contributed by atoms with Gasteiger partial charge in [-0.25, -0.2) is 9.97 Å². The summed E-state index contributed by atoms with van der Waals surface area (Å²) in [5.41, 5.74) is 0.363. The lowest BCUT2D eigenvalue weighted by molar-refractivity contribution is 0.349. The molecule has 1 heterocycles. The van der Waals surface area contributed by atoms with Gasteiger partial charge < -0.3 is 5.32 Å². The first-order valence-corrected chi connectivity index (χ1v) is 7.60. The molecule has 1 aromatic rings. The second kappa shape index (κ2) is 5.55. The predicted molar refractivity (Wildman–Crippen MR) is 78.8 cm³/mol. The fraction of sp³-hybridized carbons (Fsp3) is 0.714. The molecular weight excluding hydrogens is 290 g/mol. The van der Waals surface area contributed by atoms with Crippen LogP contribution in [0.4, 0.5) is 5.82 Å². The normalized spacial score (nSPS) is 22.1. The molecule has 1 aromatic heterocycles. The van der Waals surface area contributed by atoms with Gasteiger partial charge in [-0.1, -0.05) is 27.2 Å². The number of nitrogens with zero attached hydrogens (tertiary/aromatic N) is 2. The zero-order chi connectivity index (χ0) is 13.2. The van der Waals surface area contributed by atoms with E-state index in [1.807, 2.05) is 6.07 Å². The van der Waals surface area contributed by atoms with E-state index in [0.29, 0.717) is 11.5 Å². The van der Waals surface area contributed by atoms with Crippen LogP contribution in [0.3, 0.4) is 0 Å². The van der Waals surface area contributed by atoms with Crippen LogP contribution in [0.1, 0.15) is 52.3 Å². The molecule has 1 fully saturated rings. The summed E-state index contributed by atoms with van der Waals surface area (Å²) in [7, 11) is 0. The lowest BCUT2D eigenvalue weighted by Gasteiger charge is -2.28. The van der Waals surface area contributed by atoms with Crippen LogP contribution in [0.5, 0.6) is 0 Å². The van der Waals surface area contributed by atoms with Crippen LogP contribution in [0.25, 0.3) is 0 Å². The molecule has 3 nitrogen and oxygen atoms in total. The molecule has 0 aromatic carbocycles. The highest BCUT2D eigenvalue weighted by Gasteiger charge is 2.34. The number of nitrogens with one attached hydrogen (secondary N) is 1. The van der Waals surface area contributed by atoms with Crippen molar-refractivity contribution in [3.63, 3.8) is 0 Å². The van der Waals surface area contributed by atoms with Crippen molar-refractivity contribution in [2.75, 3.05) is 5.32 Å². The molecule has 0 amide bonds. The lowest BCUT2D eigenvalue weighted by Crippen LogP contribution is -2.31. The molecule has 1 atom stereocenters. The molecule has 0 bridgehead atoms. The summed E-state index contributed by atoms with van der Waals surface area (Å²) in [4.78, 5) is 9.00. The van der Waals surface area contributed by atoms with E-state index in [4.69, 9.17) is 0 Å². The van der Waals surface area contributed by atoms with Gasteiger partial charge >= 0.3 is 0 Å². The molecule has 18 heavy (non-hydrogen) atoms. The molecule has 1 unspecified atom stereocenters. The van der Waals surface area contributed by atoms with E-state index < -0.39 is 0 Å². The minimum absolute atomic E-state index is 0.363. The quantitative estimate of drug-likeness (QED) is 0.848. The Labute approximate surface area is 118 Å². The van der Waals surface area contributed by atoms with E-state index in [1.165, 1.54) is 19.3 Å². The van der Waals surface area contributed by atoms with Crippen molar-refractivity contribution in [1.82, 2.24) is 9.97 Å². The fourth-order valence-corrected chi connectivity index (χ4v) is 3.07. The van der Waals surface area contributed by atoms with Crippen molar-refractivity contribution in [3.05, 3.63) is 16.5 Å². The molecule has 100 valence electrons. The maximum Gasteiger partial charge on any atom is 0.132 e. The number of hydrogen-bond acceptors (Lipinski definition) is 3. The van der Waals surface area contributed by atoms with Crippen LogP contribution in [0.15, 0.2) is 10.7 Å². The Bertz CT molecular complexity index is 418. The predicted octanol–water partition coefficient (Wildman–Crippen LogP) is 4.18. The number of rotatable bonds is 4. The van der Waals surface area contributed by atoms with E-state index >= 15 is 0 Å². The molecule has 4 heteroatoms. The van der Waals surface area contributed by atoms with Crippen LogP contribution in [-0.2, 0) is 6.42 Å². The molecule has 1 aliphatic carbocycles. The van der Waals surface area contributed by atoms with Gasteiger partial charge in [-0.2, -0.15) is 0 Å². The van der Waals surface area contributed by atoms with Gasteiger partial charge in [-0.05, 0) is 40.6 Å². The zero-order valence-electron chi connectivity index (χ0n) is 11.5. The Morgan fingerprint density at radius 2 is 2.22 bits per heavy atom. The SMILES string of the molecule is CCCc1nc(Br)cc(NC2CCCC2(C)C)n1. The molecule has 0 radical (unpaired) electrons. The minimum Gasteiger partial charge on any atom is -0.367 e. The van der Waals surface area contributed by atoms with Crippen LogP contribution in [0.2, 0.25) is 0 Å². The third-order valence-electron chi connectivity index (χ3n) is 3.79. The van der Waals surface area contributed by atoms with Gasteiger partial charge in [-0.15, -0.1) is 0 Å². The van der Waals surface area contributed by atoms with Gasteiger partial charge in [0.05, 0.1) is 0 Å². The topological polar surface area (TPSA) is 37.8 Å². The Morgan fingerprint density at radius 3 is 2.83 bits per heavy atom. The number of halogens is 1. The average Bonchev–Trinajstić information content (AvgIpc) is 2.58. The zero-order valence-corrected chi connectivity index (χ0v) is 13.0. The second-order valence-electron chi connectivity index (χ2n) is 5.82. The Morgan fingerprint density at radius 1 is 1.44 bits per heavy atom. The van der Waals surface area contributed by atoms with Crippen molar-refractivity contribution >= 4 is 21.7 Å². The summed E-state index contributed by atoms with van der Waals surface area (Å²) < 4.78 is 0.874. The van der Waals surface area contributed by atoms with E-state index in [0.717, 1.165) is 29.1 Å². The highest BCUT2D eigenvalue weighted by molar-refractivity contribution is 9.10. The van der Waals surface area contributed by atoms with Gasteiger partial charge in [0.25, 0.3) is 0 Å². The first-order chi connectivity index (χ1) is 8.51. The fourth-order valence-electron chi connectivity index (χ4n) is 2.65. The third kappa shape index (κ3) is 3.22. The summed E-state index contributed by atoms with van der Waals surface area (Å²) >= 11 is 3.47. The highest BCUT2D eigenvalue weighted by atomic mass is 79.9. The monoisotopic (exact) mass is 311 g/mol. The Balaban J connectivity index is 2.13. The van der Waals surface area contributed by atoms with Gasteiger partial charge in [-0.3, -0.25) is 0 Å². The molecule has 0 saturated heterocycles. The van der Waals surface area contributed by atoms with Gasteiger partial charge in [0.1, 0.15) is 16.2 Å². The standard InChI is InChI=1S/C14H22BrN3/c1-4-6-12-17-11(15)9-13(18-12)16-10-7-5-8-14(10,2)3/h9-10H,4-8H2,1-3H3,(H,16,17,18).